The molecule has 8 nitrogen and oxygen atoms in total. The number of ether oxygens (including phenoxy) is 1. The van der Waals surface area contributed by atoms with Crippen LogP contribution in [0.5, 0.6) is 0 Å². The molecule has 1 aromatic heterocycles. The van der Waals surface area contributed by atoms with Gasteiger partial charge in [0, 0.05) is 12.2 Å². The lowest BCUT2D eigenvalue weighted by atomic mass is 10.1. The maximum absolute atomic E-state index is 13.5. The number of hydrogen-bond acceptors (Lipinski definition) is 7. The van der Waals surface area contributed by atoms with E-state index in [9.17, 15) is 14.4 Å². The largest absolute Gasteiger partial charge is 0.465 e. The van der Waals surface area contributed by atoms with Gasteiger partial charge in [-0.1, -0.05) is 48.2 Å². The van der Waals surface area contributed by atoms with Crippen molar-refractivity contribution in [3.05, 3.63) is 94.8 Å². The number of nitrogens with zero attached hydrogens (tertiary/aromatic N) is 4. The molecule has 9 heteroatoms. The fourth-order valence-electron chi connectivity index (χ4n) is 3.68. The molecular weight excluding hydrogens is 476 g/mol. The Morgan fingerprint density at radius 3 is 2.42 bits per heavy atom. The highest BCUT2D eigenvalue weighted by Crippen LogP contribution is 2.24. The third-order valence-electron chi connectivity index (χ3n) is 5.41. The van der Waals surface area contributed by atoms with Gasteiger partial charge in [0.05, 0.1) is 47.5 Å². The lowest BCUT2D eigenvalue weighted by molar-refractivity contribution is -0.116. The van der Waals surface area contributed by atoms with Crippen molar-refractivity contribution in [2.45, 2.75) is 11.6 Å². The third kappa shape index (κ3) is 5.29. The number of rotatable bonds is 8. The van der Waals surface area contributed by atoms with Crippen LogP contribution in [0.1, 0.15) is 16.8 Å². The summed E-state index contributed by atoms with van der Waals surface area (Å²) in [5, 5.41) is 9.69. The van der Waals surface area contributed by atoms with Crippen LogP contribution in [0.2, 0.25) is 0 Å². The fourth-order valence-corrected chi connectivity index (χ4v) is 4.57. The average molecular weight is 499 g/mol. The van der Waals surface area contributed by atoms with Crippen molar-refractivity contribution in [3.63, 3.8) is 0 Å². The van der Waals surface area contributed by atoms with Gasteiger partial charge in [0.2, 0.25) is 5.91 Å². The first-order valence-electron chi connectivity index (χ1n) is 11.1. The minimum Gasteiger partial charge on any atom is -0.465 e. The molecule has 0 aliphatic rings. The maximum Gasteiger partial charge on any atom is 0.337 e. The molecule has 1 amide bonds. The summed E-state index contributed by atoms with van der Waals surface area (Å²) in [6, 6.07) is 24.8. The lowest BCUT2D eigenvalue weighted by Gasteiger charge is -2.22. The van der Waals surface area contributed by atoms with Crippen LogP contribution in [0.25, 0.3) is 16.6 Å². The molecule has 180 valence electrons. The van der Waals surface area contributed by atoms with Gasteiger partial charge in [-0.15, -0.1) is 0 Å². The van der Waals surface area contributed by atoms with E-state index in [2.05, 4.69) is 11.1 Å². The van der Waals surface area contributed by atoms with Gasteiger partial charge in [0.15, 0.2) is 5.16 Å². The number of esters is 1. The Morgan fingerprint density at radius 1 is 1.06 bits per heavy atom. The molecule has 0 saturated carbocycles. The van der Waals surface area contributed by atoms with Gasteiger partial charge < -0.3 is 9.64 Å². The van der Waals surface area contributed by atoms with Crippen LogP contribution in [0.15, 0.2) is 88.8 Å². The van der Waals surface area contributed by atoms with E-state index < -0.39 is 5.97 Å². The highest BCUT2D eigenvalue weighted by Gasteiger charge is 2.20. The van der Waals surface area contributed by atoms with Gasteiger partial charge >= 0.3 is 5.97 Å². The second-order valence-electron chi connectivity index (χ2n) is 7.67. The Labute approximate surface area is 211 Å². The molecule has 0 radical (unpaired) electrons. The van der Waals surface area contributed by atoms with Crippen LogP contribution in [0.4, 0.5) is 5.69 Å². The molecule has 0 unspecified atom stereocenters. The number of anilines is 1. The number of hydrogen-bond donors (Lipinski definition) is 0. The van der Waals surface area contributed by atoms with Gasteiger partial charge in [0.25, 0.3) is 5.56 Å². The van der Waals surface area contributed by atoms with Crippen LogP contribution in [-0.2, 0) is 9.53 Å². The number of amides is 1. The zero-order valence-corrected chi connectivity index (χ0v) is 20.3. The van der Waals surface area contributed by atoms with Crippen LogP contribution >= 0.6 is 11.8 Å². The van der Waals surface area contributed by atoms with E-state index in [1.807, 2.05) is 48.5 Å². The molecule has 0 bridgehead atoms. The predicted molar refractivity (Wildman–Crippen MR) is 138 cm³/mol. The SMILES string of the molecule is COC(=O)c1ccc2c(=O)n(-c3ccccc3)c(SCC(=O)N(CCC#N)c3ccccc3)nc2c1. The van der Waals surface area contributed by atoms with Crippen molar-refractivity contribution in [2.24, 2.45) is 0 Å². The number of carbonyl (C=O) groups excluding carboxylic acids is 2. The number of fused-ring (bicyclic) bond motifs is 1. The molecule has 0 aliphatic heterocycles. The highest BCUT2D eigenvalue weighted by molar-refractivity contribution is 7.99. The van der Waals surface area contributed by atoms with Crippen LogP contribution in [0.3, 0.4) is 0 Å². The monoisotopic (exact) mass is 498 g/mol. The molecule has 0 fully saturated rings. The molecule has 0 N–H and O–H groups in total. The summed E-state index contributed by atoms with van der Waals surface area (Å²) < 4.78 is 6.25. The first kappa shape index (κ1) is 24.7. The summed E-state index contributed by atoms with van der Waals surface area (Å²) in [6.07, 6.45) is 0.185. The molecule has 36 heavy (non-hydrogen) atoms. The van der Waals surface area contributed by atoms with E-state index in [0.717, 1.165) is 11.8 Å². The quantitative estimate of drug-likeness (QED) is 0.204. The zero-order valence-electron chi connectivity index (χ0n) is 19.5. The highest BCUT2D eigenvalue weighted by atomic mass is 32.2. The van der Waals surface area contributed by atoms with Gasteiger partial charge in [-0.05, 0) is 42.5 Å². The van der Waals surface area contributed by atoms with E-state index in [1.54, 1.807) is 23.1 Å². The van der Waals surface area contributed by atoms with Crippen molar-refractivity contribution >= 4 is 40.2 Å². The molecular formula is C27H22N4O4S. The second kappa shape index (κ2) is 11.3. The average Bonchev–Trinajstić information content (AvgIpc) is 2.92. The first-order valence-corrected chi connectivity index (χ1v) is 12.1. The van der Waals surface area contributed by atoms with Gasteiger partial charge in [0.1, 0.15) is 0 Å². The summed E-state index contributed by atoms with van der Waals surface area (Å²) in [7, 11) is 1.28. The third-order valence-corrected chi connectivity index (χ3v) is 6.34. The Balaban J connectivity index is 1.74. The molecule has 0 saturated heterocycles. The molecule has 0 atom stereocenters. The van der Waals surface area contributed by atoms with E-state index in [1.165, 1.54) is 23.8 Å². The number of aromatic nitrogens is 2. The lowest BCUT2D eigenvalue weighted by Crippen LogP contribution is -2.33. The van der Waals surface area contributed by atoms with Crippen molar-refractivity contribution in [2.75, 3.05) is 24.3 Å². The number of methoxy groups -OCH3 is 1. The van der Waals surface area contributed by atoms with Gasteiger partial charge in [-0.2, -0.15) is 5.26 Å². The maximum atomic E-state index is 13.5. The fraction of sp³-hybridized carbons (Fsp3) is 0.148. The van der Waals surface area contributed by atoms with Crippen LogP contribution in [0, 0.1) is 11.3 Å². The summed E-state index contributed by atoms with van der Waals surface area (Å²) >= 11 is 1.12. The molecule has 0 spiro atoms. The number of nitriles is 1. The Hall–Kier alpha value is -4.42. The minimum atomic E-state index is -0.536. The number of thioether (sulfide) groups is 1. The van der Waals surface area contributed by atoms with E-state index in [-0.39, 0.29) is 35.7 Å². The molecule has 4 rings (SSSR count). The van der Waals surface area contributed by atoms with Crippen molar-refractivity contribution in [1.82, 2.24) is 9.55 Å². The van der Waals surface area contributed by atoms with Crippen LogP contribution in [-0.4, -0.2) is 40.8 Å². The smallest absolute Gasteiger partial charge is 0.337 e. The summed E-state index contributed by atoms with van der Waals surface area (Å²) in [5.74, 6) is -0.771. The minimum absolute atomic E-state index is 0.0121. The number of para-hydroxylation sites is 2. The molecule has 1 heterocycles. The summed E-state index contributed by atoms with van der Waals surface area (Å²) in [6.45, 7) is 0.249. The van der Waals surface area contributed by atoms with E-state index in [4.69, 9.17) is 10.00 Å². The molecule has 4 aromatic rings. The van der Waals surface area contributed by atoms with E-state index >= 15 is 0 Å². The van der Waals surface area contributed by atoms with Crippen molar-refractivity contribution in [3.8, 4) is 11.8 Å². The Bertz CT molecular complexity index is 1500. The normalized spacial score (nSPS) is 10.6. The molecule has 3 aromatic carbocycles. The van der Waals surface area contributed by atoms with Crippen molar-refractivity contribution in [1.29, 1.82) is 5.26 Å². The Kier molecular flexibility index (Phi) is 7.78. The summed E-state index contributed by atoms with van der Waals surface area (Å²) in [5.41, 5.74) is 1.57. The first-order chi connectivity index (χ1) is 17.5. The van der Waals surface area contributed by atoms with Gasteiger partial charge in [-0.3, -0.25) is 14.2 Å². The number of carbonyl (C=O) groups is 2. The van der Waals surface area contributed by atoms with E-state index in [0.29, 0.717) is 27.4 Å². The Morgan fingerprint density at radius 2 is 1.75 bits per heavy atom. The number of benzene rings is 3. The summed E-state index contributed by atoms with van der Waals surface area (Å²) in [4.78, 5) is 44.9. The molecule has 0 aliphatic carbocycles. The standard InChI is InChI=1S/C27H22N4O4S/c1-35-26(34)19-13-14-22-23(17-19)29-27(31(25(22)33)21-11-6-3-7-12-21)36-18-24(32)30(16-8-15-28)20-9-4-2-5-10-20/h2-7,9-14,17H,8,16,18H2,1H3. The predicted octanol–water partition coefficient (Wildman–Crippen LogP) is 4.21. The van der Waals surface area contributed by atoms with Gasteiger partial charge in [-0.25, -0.2) is 9.78 Å². The topological polar surface area (TPSA) is 105 Å². The zero-order chi connectivity index (χ0) is 25.5. The second-order valence-corrected chi connectivity index (χ2v) is 8.61. The van der Waals surface area contributed by atoms with Crippen LogP contribution < -0.4 is 10.5 Å². The van der Waals surface area contributed by atoms with Crippen molar-refractivity contribution < 1.29 is 14.3 Å².